The molecule has 7 nitrogen and oxygen atoms in total. The average molecular weight is 380 g/mol. The summed E-state index contributed by atoms with van der Waals surface area (Å²) >= 11 is 0. The van der Waals surface area contributed by atoms with Crippen LogP contribution >= 0.6 is 0 Å². The van der Waals surface area contributed by atoms with Crippen LogP contribution in [0.1, 0.15) is 23.7 Å². The number of anilines is 1. The van der Waals surface area contributed by atoms with E-state index in [2.05, 4.69) is 15.2 Å². The van der Waals surface area contributed by atoms with Crippen molar-refractivity contribution in [3.63, 3.8) is 0 Å². The normalized spacial score (nSPS) is 10.8. The van der Waals surface area contributed by atoms with Gasteiger partial charge in [-0.1, -0.05) is 18.2 Å². The SMILES string of the molecule is CCn1c(=O)c(=O)[nH]c2cc(C(=O)NCCCN(C)c3ccccc3)ccc21. The van der Waals surface area contributed by atoms with Crippen LogP contribution in [0.15, 0.2) is 58.1 Å². The molecule has 0 bridgehead atoms. The first-order valence-electron chi connectivity index (χ1n) is 9.32. The largest absolute Gasteiger partial charge is 0.375 e. The standard InChI is InChI=1S/C21H24N4O3/c1-3-25-18-11-10-15(14-17(18)23-20(27)21(25)28)19(26)22-12-7-13-24(2)16-8-5-4-6-9-16/h4-6,8-11,14H,3,7,12-13H2,1-2H3,(H,22,26)(H,23,27). The summed E-state index contributed by atoms with van der Waals surface area (Å²) in [6.07, 6.45) is 0.803. The third-order valence-corrected chi connectivity index (χ3v) is 4.71. The van der Waals surface area contributed by atoms with Gasteiger partial charge < -0.3 is 19.8 Å². The van der Waals surface area contributed by atoms with Crippen molar-refractivity contribution in [2.24, 2.45) is 0 Å². The maximum absolute atomic E-state index is 12.4. The van der Waals surface area contributed by atoms with Crippen LogP contribution in [0.5, 0.6) is 0 Å². The summed E-state index contributed by atoms with van der Waals surface area (Å²) in [6, 6.07) is 15.0. The fraction of sp³-hybridized carbons (Fsp3) is 0.286. The molecule has 0 saturated heterocycles. The zero-order valence-electron chi connectivity index (χ0n) is 16.1. The molecular formula is C21H24N4O3. The van der Waals surface area contributed by atoms with Gasteiger partial charge in [-0.2, -0.15) is 0 Å². The van der Waals surface area contributed by atoms with Crippen LogP contribution in [0.4, 0.5) is 5.69 Å². The number of amides is 1. The molecule has 28 heavy (non-hydrogen) atoms. The number of rotatable bonds is 7. The summed E-state index contributed by atoms with van der Waals surface area (Å²) < 4.78 is 1.40. The zero-order valence-corrected chi connectivity index (χ0v) is 16.1. The highest BCUT2D eigenvalue weighted by molar-refractivity contribution is 5.97. The number of carbonyl (C=O) groups is 1. The molecule has 2 N–H and O–H groups in total. The van der Waals surface area contributed by atoms with Crippen molar-refractivity contribution in [2.75, 3.05) is 25.0 Å². The Morgan fingerprint density at radius 3 is 2.61 bits per heavy atom. The number of para-hydroxylation sites is 1. The molecule has 0 saturated carbocycles. The molecule has 0 aliphatic rings. The maximum atomic E-state index is 12.4. The minimum Gasteiger partial charge on any atom is -0.375 e. The number of aryl methyl sites for hydroxylation is 1. The maximum Gasteiger partial charge on any atom is 0.316 e. The van der Waals surface area contributed by atoms with E-state index in [1.54, 1.807) is 25.1 Å². The molecule has 3 aromatic rings. The monoisotopic (exact) mass is 380 g/mol. The highest BCUT2D eigenvalue weighted by atomic mass is 16.2. The summed E-state index contributed by atoms with van der Waals surface area (Å²) in [4.78, 5) is 40.8. The fourth-order valence-electron chi connectivity index (χ4n) is 3.17. The summed E-state index contributed by atoms with van der Waals surface area (Å²) in [5.41, 5.74) is 1.39. The quantitative estimate of drug-likeness (QED) is 0.485. The lowest BCUT2D eigenvalue weighted by Crippen LogP contribution is -2.36. The minimum atomic E-state index is -0.684. The van der Waals surface area contributed by atoms with Gasteiger partial charge in [0.15, 0.2) is 0 Å². The fourth-order valence-corrected chi connectivity index (χ4v) is 3.17. The van der Waals surface area contributed by atoms with Gasteiger partial charge in [0, 0.05) is 37.9 Å². The third-order valence-electron chi connectivity index (χ3n) is 4.71. The molecule has 1 heterocycles. The van der Waals surface area contributed by atoms with Gasteiger partial charge in [-0.15, -0.1) is 0 Å². The lowest BCUT2D eigenvalue weighted by atomic mass is 10.1. The second-order valence-corrected chi connectivity index (χ2v) is 6.60. The molecule has 1 amide bonds. The summed E-state index contributed by atoms with van der Waals surface area (Å²) in [5, 5.41) is 2.90. The van der Waals surface area contributed by atoms with Crippen molar-refractivity contribution >= 4 is 22.6 Å². The highest BCUT2D eigenvalue weighted by Crippen LogP contribution is 2.12. The first-order chi connectivity index (χ1) is 13.5. The van der Waals surface area contributed by atoms with Crippen LogP contribution in [0, 0.1) is 0 Å². The molecule has 0 aliphatic carbocycles. The first-order valence-corrected chi connectivity index (χ1v) is 9.32. The molecule has 2 aromatic carbocycles. The smallest absolute Gasteiger partial charge is 0.316 e. The van der Waals surface area contributed by atoms with E-state index in [0.29, 0.717) is 29.7 Å². The summed E-state index contributed by atoms with van der Waals surface area (Å²) in [5.74, 6) is -0.209. The number of hydrogen-bond acceptors (Lipinski definition) is 4. The number of fused-ring (bicyclic) bond motifs is 1. The first kappa shape index (κ1) is 19.4. The molecular weight excluding hydrogens is 356 g/mol. The molecule has 7 heteroatoms. The van der Waals surface area contributed by atoms with Crippen molar-refractivity contribution < 1.29 is 4.79 Å². The van der Waals surface area contributed by atoms with Gasteiger partial charge >= 0.3 is 11.1 Å². The van der Waals surface area contributed by atoms with Gasteiger partial charge in [-0.25, -0.2) is 0 Å². The van der Waals surface area contributed by atoms with Gasteiger partial charge in [0.25, 0.3) is 5.91 Å². The number of carbonyl (C=O) groups excluding carboxylic acids is 1. The molecule has 0 radical (unpaired) electrons. The molecule has 0 aliphatic heterocycles. The molecule has 0 fully saturated rings. The van der Waals surface area contributed by atoms with Crippen LogP contribution < -0.4 is 21.3 Å². The lowest BCUT2D eigenvalue weighted by molar-refractivity contribution is 0.0953. The predicted octanol–water partition coefficient (Wildman–Crippen LogP) is 1.97. The van der Waals surface area contributed by atoms with Crippen molar-refractivity contribution in [3.05, 3.63) is 74.8 Å². The zero-order chi connectivity index (χ0) is 20.1. The lowest BCUT2D eigenvalue weighted by Gasteiger charge is -2.19. The highest BCUT2D eigenvalue weighted by Gasteiger charge is 2.10. The van der Waals surface area contributed by atoms with E-state index in [4.69, 9.17) is 0 Å². The van der Waals surface area contributed by atoms with Crippen LogP contribution in [0.2, 0.25) is 0 Å². The van der Waals surface area contributed by atoms with Crippen molar-refractivity contribution in [2.45, 2.75) is 19.9 Å². The number of aromatic amines is 1. The minimum absolute atomic E-state index is 0.209. The topological polar surface area (TPSA) is 87.2 Å². The third kappa shape index (κ3) is 4.14. The van der Waals surface area contributed by atoms with Crippen LogP contribution in [-0.4, -0.2) is 35.6 Å². The number of H-pyrrole nitrogens is 1. The Labute approximate surface area is 162 Å². The number of hydrogen-bond donors (Lipinski definition) is 2. The summed E-state index contributed by atoms with van der Waals surface area (Å²) in [7, 11) is 2.02. The summed E-state index contributed by atoms with van der Waals surface area (Å²) in [6.45, 7) is 3.55. The van der Waals surface area contributed by atoms with E-state index >= 15 is 0 Å². The van der Waals surface area contributed by atoms with E-state index in [0.717, 1.165) is 18.7 Å². The Hall–Kier alpha value is -3.35. The van der Waals surface area contributed by atoms with Crippen molar-refractivity contribution in [3.8, 4) is 0 Å². The molecule has 3 rings (SSSR count). The Balaban J connectivity index is 1.63. The molecule has 1 aromatic heterocycles. The predicted molar refractivity (Wildman–Crippen MR) is 111 cm³/mol. The van der Waals surface area contributed by atoms with Crippen molar-refractivity contribution in [1.29, 1.82) is 0 Å². The number of aromatic nitrogens is 2. The van der Waals surface area contributed by atoms with E-state index in [9.17, 15) is 14.4 Å². The van der Waals surface area contributed by atoms with Gasteiger partial charge in [0.1, 0.15) is 0 Å². The van der Waals surface area contributed by atoms with Crippen LogP contribution in [-0.2, 0) is 6.54 Å². The average Bonchev–Trinajstić information content (AvgIpc) is 2.72. The molecule has 0 atom stereocenters. The number of nitrogens with one attached hydrogen (secondary N) is 2. The van der Waals surface area contributed by atoms with Crippen LogP contribution in [0.3, 0.4) is 0 Å². The van der Waals surface area contributed by atoms with Gasteiger partial charge in [-0.3, -0.25) is 14.4 Å². The number of benzene rings is 2. The second kappa shape index (κ2) is 8.56. The van der Waals surface area contributed by atoms with E-state index in [-0.39, 0.29) is 5.91 Å². The van der Waals surface area contributed by atoms with E-state index in [1.807, 2.05) is 37.4 Å². The Morgan fingerprint density at radius 1 is 1.14 bits per heavy atom. The van der Waals surface area contributed by atoms with E-state index < -0.39 is 11.1 Å². The Morgan fingerprint density at radius 2 is 1.89 bits per heavy atom. The van der Waals surface area contributed by atoms with E-state index in [1.165, 1.54) is 4.57 Å². The van der Waals surface area contributed by atoms with Crippen molar-refractivity contribution in [1.82, 2.24) is 14.9 Å². The van der Waals surface area contributed by atoms with Gasteiger partial charge in [0.05, 0.1) is 11.0 Å². The molecule has 146 valence electrons. The van der Waals surface area contributed by atoms with Crippen LogP contribution in [0.25, 0.3) is 11.0 Å². The number of nitrogens with zero attached hydrogens (tertiary/aromatic N) is 2. The van der Waals surface area contributed by atoms with Gasteiger partial charge in [-0.05, 0) is 43.7 Å². The Kier molecular flexibility index (Phi) is 5.93. The molecule has 0 spiro atoms. The molecule has 0 unspecified atom stereocenters. The Bertz CT molecular complexity index is 1090. The van der Waals surface area contributed by atoms with Gasteiger partial charge in [0.2, 0.25) is 0 Å². The second-order valence-electron chi connectivity index (χ2n) is 6.60.